The molecule has 2 N–H and O–H groups in total. The first-order valence-corrected chi connectivity index (χ1v) is 5.13. The van der Waals surface area contributed by atoms with Crippen LogP contribution in [-0.4, -0.2) is 24.1 Å². The van der Waals surface area contributed by atoms with Crippen LogP contribution in [0, 0.1) is 0 Å². The Morgan fingerprint density at radius 2 is 1.88 bits per heavy atom. The van der Waals surface area contributed by atoms with E-state index in [1.54, 1.807) is 20.8 Å². The number of carbonyl (C=O) groups is 2. The summed E-state index contributed by atoms with van der Waals surface area (Å²) in [6.07, 6.45) is 1.63. The van der Waals surface area contributed by atoms with Crippen LogP contribution >= 0.6 is 0 Å². The van der Waals surface area contributed by atoms with Gasteiger partial charge in [-0.1, -0.05) is 6.92 Å². The lowest BCUT2D eigenvalue weighted by Gasteiger charge is -2.18. The lowest BCUT2D eigenvalue weighted by atomic mass is 10.2. The zero-order valence-corrected chi connectivity index (χ0v) is 10.2. The molecule has 0 unspecified atom stereocenters. The van der Waals surface area contributed by atoms with Gasteiger partial charge in [-0.2, -0.15) is 0 Å². The molecule has 0 aromatic carbocycles. The van der Waals surface area contributed by atoms with Crippen molar-refractivity contribution in [2.24, 2.45) is 5.73 Å². The normalized spacial score (nSPS) is 12.1. The van der Waals surface area contributed by atoms with Crippen molar-refractivity contribution in [2.75, 3.05) is 6.61 Å². The van der Waals surface area contributed by atoms with Gasteiger partial charge in [0.2, 0.25) is 0 Å². The van der Waals surface area contributed by atoms with Crippen LogP contribution in [0.2, 0.25) is 0 Å². The Labute approximate surface area is 95.6 Å². The third-order valence-electron chi connectivity index (χ3n) is 1.35. The van der Waals surface area contributed by atoms with Crippen LogP contribution in [0.25, 0.3) is 0 Å². The number of ether oxygens (including phenoxy) is 2. The van der Waals surface area contributed by atoms with E-state index in [0.717, 1.165) is 6.08 Å². The molecule has 0 atom stereocenters. The maximum Gasteiger partial charge on any atom is 0.354 e. The number of carbonyl (C=O) groups excluding carboxylic acids is 2. The van der Waals surface area contributed by atoms with Gasteiger partial charge in [-0.15, -0.1) is 0 Å². The Hall–Kier alpha value is -1.52. The second-order valence-electron chi connectivity index (χ2n) is 4.27. The van der Waals surface area contributed by atoms with Gasteiger partial charge in [0.1, 0.15) is 11.3 Å². The lowest BCUT2D eigenvalue weighted by molar-refractivity contribution is -0.149. The summed E-state index contributed by atoms with van der Waals surface area (Å²) < 4.78 is 9.70. The molecule has 0 saturated carbocycles. The van der Waals surface area contributed by atoms with Crippen LogP contribution in [0.4, 0.5) is 0 Å². The molecule has 5 heteroatoms. The molecule has 0 aliphatic carbocycles. The predicted octanol–water partition coefficient (Wildman–Crippen LogP) is 1.12. The molecule has 0 aromatic rings. The van der Waals surface area contributed by atoms with E-state index >= 15 is 0 Å². The van der Waals surface area contributed by atoms with E-state index < -0.39 is 17.5 Å². The van der Waals surface area contributed by atoms with E-state index in [9.17, 15) is 9.59 Å². The molecule has 0 saturated heterocycles. The Morgan fingerprint density at radius 3 is 2.31 bits per heavy atom. The highest BCUT2D eigenvalue weighted by Gasteiger charge is 2.16. The monoisotopic (exact) mass is 229 g/mol. The Kier molecular flexibility index (Phi) is 5.56. The van der Waals surface area contributed by atoms with Crippen molar-refractivity contribution in [2.45, 2.75) is 39.7 Å². The molecular formula is C11H19NO4. The van der Waals surface area contributed by atoms with Crippen molar-refractivity contribution in [1.29, 1.82) is 0 Å². The molecule has 0 aliphatic rings. The minimum Gasteiger partial charge on any atom is -0.461 e. The molecule has 0 spiro atoms. The quantitative estimate of drug-likeness (QED) is 0.577. The summed E-state index contributed by atoms with van der Waals surface area (Å²) in [5.41, 5.74) is 4.51. The summed E-state index contributed by atoms with van der Waals surface area (Å²) in [5, 5.41) is 0. The van der Waals surface area contributed by atoms with Crippen molar-refractivity contribution in [3.63, 3.8) is 0 Å². The second kappa shape index (κ2) is 6.15. The van der Waals surface area contributed by atoms with Crippen LogP contribution in [0.5, 0.6) is 0 Å². The molecule has 0 rings (SSSR count). The molecule has 0 aromatic heterocycles. The molecule has 0 heterocycles. The second-order valence-corrected chi connectivity index (χ2v) is 4.27. The topological polar surface area (TPSA) is 78.6 Å². The van der Waals surface area contributed by atoms with Crippen LogP contribution in [-0.2, 0) is 19.1 Å². The van der Waals surface area contributed by atoms with Crippen LogP contribution in [0.15, 0.2) is 11.8 Å². The Bertz CT molecular complexity index is 289. The van der Waals surface area contributed by atoms with Gasteiger partial charge in [0.15, 0.2) is 0 Å². The van der Waals surface area contributed by atoms with Crippen molar-refractivity contribution in [3.8, 4) is 0 Å². The van der Waals surface area contributed by atoms with Crippen molar-refractivity contribution in [3.05, 3.63) is 11.8 Å². The highest BCUT2D eigenvalue weighted by molar-refractivity contribution is 5.95. The molecule has 0 amide bonds. The first kappa shape index (κ1) is 14.5. The standard InChI is InChI=1S/C11H19NO4/c1-5-6-15-10(14)8(12)7-9(13)16-11(2,3)4/h7H,5-6,12H2,1-4H3. The fourth-order valence-corrected chi connectivity index (χ4v) is 0.795. The van der Waals surface area contributed by atoms with Crippen molar-refractivity contribution >= 4 is 11.9 Å². The highest BCUT2D eigenvalue weighted by Crippen LogP contribution is 2.07. The van der Waals surface area contributed by atoms with E-state index in [-0.39, 0.29) is 12.3 Å². The number of nitrogens with two attached hydrogens (primary N) is 1. The molecule has 0 aliphatic heterocycles. The van der Waals surface area contributed by atoms with Crippen molar-refractivity contribution < 1.29 is 19.1 Å². The number of rotatable bonds is 4. The highest BCUT2D eigenvalue weighted by atomic mass is 16.6. The van der Waals surface area contributed by atoms with E-state index in [0.29, 0.717) is 6.42 Å². The van der Waals surface area contributed by atoms with Gasteiger partial charge < -0.3 is 15.2 Å². The third-order valence-corrected chi connectivity index (χ3v) is 1.35. The van der Waals surface area contributed by atoms with Gasteiger partial charge in [-0.3, -0.25) is 0 Å². The fraction of sp³-hybridized carbons (Fsp3) is 0.636. The Morgan fingerprint density at radius 1 is 1.31 bits per heavy atom. The largest absolute Gasteiger partial charge is 0.461 e. The van der Waals surface area contributed by atoms with Gasteiger partial charge in [-0.05, 0) is 27.2 Å². The molecule has 16 heavy (non-hydrogen) atoms. The van der Waals surface area contributed by atoms with Crippen LogP contribution in [0.3, 0.4) is 0 Å². The molecule has 92 valence electrons. The minimum atomic E-state index is -0.701. The van der Waals surface area contributed by atoms with E-state index in [4.69, 9.17) is 15.2 Å². The minimum absolute atomic E-state index is 0.247. The maximum atomic E-state index is 11.3. The first-order chi connectivity index (χ1) is 7.26. The fourth-order valence-electron chi connectivity index (χ4n) is 0.795. The zero-order valence-electron chi connectivity index (χ0n) is 10.2. The van der Waals surface area contributed by atoms with Crippen molar-refractivity contribution in [1.82, 2.24) is 0 Å². The number of esters is 2. The summed E-state index contributed by atoms with van der Waals surface area (Å²) in [6, 6.07) is 0. The van der Waals surface area contributed by atoms with Crippen LogP contribution in [0.1, 0.15) is 34.1 Å². The van der Waals surface area contributed by atoms with Gasteiger partial charge in [-0.25, -0.2) is 9.59 Å². The molecule has 0 radical (unpaired) electrons. The number of hydrogen-bond donors (Lipinski definition) is 1. The maximum absolute atomic E-state index is 11.3. The number of hydrogen-bond acceptors (Lipinski definition) is 5. The van der Waals surface area contributed by atoms with Gasteiger partial charge >= 0.3 is 11.9 Å². The summed E-state index contributed by atoms with van der Waals surface area (Å²) in [5.74, 6) is -1.36. The third kappa shape index (κ3) is 6.86. The molecule has 5 nitrogen and oxygen atoms in total. The van der Waals surface area contributed by atoms with Gasteiger partial charge in [0, 0.05) is 0 Å². The molecular weight excluding hydrogens is 210 g/mol. The summed E-state index contributed by atoms with van der Waals surface area (Å²) in [4.78, 5) is 22.4. The van der Waals surface area contributed by atoms with Crippen LogP contribution < -0.4 is 5.73 Å². The van der Waals surface area contributed by atoms with Gasteiger partial charge in [0.25, 0.3) is 0 Å². The van der Waals surface area contributed by atoms with E-state index in [1.165, 1.54) is 0 Å². The van der Waals surface area contributed by atoms with Gasteiger partial charge in [0.05, 0.1) is 12.7 Å². The Balaban J connectivity index is 4.31. The molecule has 0 bridgehead atoms. The predicted molar refractivity (Wildman–Crippen MR) is 59.4 cm³/mol. The lowest BCUT2D eigenvalue weighted by Crippen LogP contribution is -2.24. The van der Waals surface area contributed by atoms with E-state index in [1.807, 2.05) is 6.92 Å². The summed E-state index contributed by atoms with van der Waals surface area (Å²) >= 11 is 0. The smallest absolute Gasteiger partial charge is 0.354 e. The zero-order chi connectivity index (χ0) is 12.8. The first-order valence-electron chi connectivity index (χ1n) is 5.13. The SMILES string of the molecule is CCCOC(=O)C(N)=CC(=O)OC(C)(C)C. The molecule has 0 fully saturated rings. The summed E-state index contributed by atoms with van der Waals surface area (Å²) in [6.45, 7) is 7.32. The average Bonchev–Trinajstić information content (AvgIpc) is 2.10. The summed E-state index contributed by atoms with van der Waals surface area (Å²) in [7, 11) is 0. The van der Waals surface area contributed by atoms with E-state index in [2.05, 4.69) is 0 Å². The average molecular weight is 229 g/mol.